The third kappa shape index (κ3) is 2.10. The minimum Gasteiger partial charge on any atom is -0.387 e. The van der Waals surface area contributed by atoms with Crippen LogP contribution in [0.3, 0.4) is 0 Å². The third-order valence-electron chi connectivity index (χ3n) is 3.45. The molecule has 1 rings (SSSR count). The molecule has 1 fully saturated rings. The fraction of sp³-hybridized carbons (Fsp3) is 1.00. The van der Waals surface area contributed by atoms with Crippen LogP contribution in [0.15, 0.2) is 0 Å². The summed E-state index contributed by atoms with van der Waals surface area (Å²) in [6.45, 7) is 7.98. The average Bonchev–Trinajstić information content (AvgIpc) is 2.17. The molecule has 0 saturated carbocycles. The molecule has 2 atom stereocenters. The van der Waals surface area contributed by atoms with Crippen LogP contribution in [-0.4, -0.2) is 40.8 Å². The molecule has 1 aliphatic rings. The SMILES string of the molecule is CCC1N(C(C)C)CCCC1(O)CN. The highest BCUT2D eigenvalue weighted by Gasteiger charge is 2.41. The summed E-state index contributed by atoms with van der Waals surface area (Å²) in [4.78, 5) is 2.39. The molecule has 0 aromatic rings. The van der Waals surface area contributed by atoms with Gasteiger partial charge in [-0.25, -0.2) is 0 Å². The summed E-state index contributed by atoms with van der Waals surface area (Å²) in [5, 5.41) is 10.4. The minimum absolute atomic E-state index is 0.237. The molecule has 0 aliphatic carbocycles. The Hall–Kier alpha value is -0.120. The Balaban J connectivity index is 2.79. The van der Waals surface area contributed by atoms with Gasteiger partial charge in [-0.15, -0.1) is 0 Å². The zero-order valence-corrected chi connectivity index (χ0v) is 9.66. The highest BCUT2D eigenvalue weighted by atomic mass is 16.3. The zero-order chi connectivity index (χ0) is 10.8. The van der Waals surface area contributed by atoms with E-state index in [4.69, 9.17) is 5.73 Å². The van der Waals surface area contributed by atoms with Crippen LogP contribution in [0.2, 0.25) is 0 Å². The molecular formula is C11H24N2O. The molecular weight excluding hydrogens is 176 g/mol. The van der Waals surface area contributed by atoms with Gasteiger partial charge in [-0.1, -0.05) is 6.92 Å². The van der Waals surface area contributed by atoms with E-state index in [0.29, 0.717) is 12.6 Å². The lowest BCUT2D eigenvalue weighted by molar-refractivity contribution is -0.0852. The molecule has 0 amide bonds. The van der Waals surface area contributed by atoms with Crippen molar-refractivity contribution in [3.05, 3.63) is 0 Å². The Labute approximate surface area is 87.3 Å². The van der Waals surface area contributed by atoms with Crippen molar-refractivity contribution in [3.8, 4) is 0 Å². The van der Waals surface area contributed by atoms with E-state index in [1.54, 1.807) is 0 Å². The molecule has 0 radical (unpaired) electrons. The predicted molar refractivity (Wildman–Crippen MR) is 59.2 cm³/mol. The van der Waals surface area contributed by atoms with Gasteiger partial charge in [-0.2, -0.15) is 0 Å². The second-order valence-electron chi connectivity index (χ2n) is 4.67. The van der Waals surface area contributed by atoms with Crippen molar-refractivity contribution in [2.75, 3.05) is 13.1 Å². The molecule has 0 bridgehead atoms. The molecule has 0 spiro atoms. The first-order valence-electron chi connectivity index (χ1n) is 5.73. The molecule has 14 heavy (non-hydrogen) atoms. The third-order valence-corrected chi connectivity index (χ3v) is 3.45. The summed E-state index contributed by atoms with van der Waals surface area (Å²) in [5.74, 6) is 0. The van der Waals surface area contributed by atoms with Crippen LogP contribution in [0.1, 0.15) is 40.0 Å². The van der Waals surface area contributed by atoms with Crippen LogP contribution in [0.4, 0.5) is 0 Å². The average molecular weight is 200 g/mol. The quantitative estimate of drug-likeness (QED) is 0.713. The molecule has 1 aliphatic heterocycles. The summed E-state index contributed by atoms with van der Waals surface area (Å²) >= 11 is 0. The van der Waals surface area contributed by atoms with Crippen LogP contribution in [0.25, 0.3) is 0 Å². The standard InChI is InChI=1S/C11H24N2O/c1-4-10-11(14,8-12)6-5-7-13(10)9(2)3/h9-10,14H,4-8,12H2,1-3H3. The lowest BCUT2D eigenvalue weighted by Gasteiger charge is -2.48. The fourth-order valence-corrected chi connectivity index (χ4v) is 2.67. The first kappa shape index (κ1) is 12.0. The van der Waals surface area contributed by atoms with E-state index >= 15 is 0 Å². The van der Waals surface area contributed by atoms with Gasteiger partial charge in [0.05, 0.1) is 5.60 Å². The van der Waals surface area contributed by atoms with Crippen molar-refractivity contribution < 1.29 is 5.11 Å². The van der Waals surface area contributed by atoms with E-state index in [-0.39, 0.29) is 6.04 Å². The van der Waals surface area contributed by atoms with Crippen LogP contribution >= 0.6 is 0 Å². The number of nitrogens with two attached hydrogens (primary N) is 1. The van der Waals surface area contributed by atoms with Gasteiger partial charge in [0.2, 0.25) is 0 Å². The molecule has 3 nitrogen and oxygen atoms in total. The Morgan fingerprint density at radius 3 is 2.64 bits per heavy atom. The molecule has 0 aromatic carbocycles. The monoisotopic (exact) mass is 200 g/mol. The zero-order valence-electron chi connectivity index (χ0n) is 9.66. The highest BCUT2D eigenvalue weighted by Crippen LogP contribution is 2.30. The normalized spacial score (nSPS) is 35.1. The van der Waals surface area contributed by atoms with E-state index in [1.165, 1.54) is 0 Å². The van der Waals surface area contributed by atoms with Crippen LogP contribution in [-0.2, 0) is 0 Å². The largest absolute Gasteiger partial charge is 0.387 e. The van der Waals surface area contributed by atoms with Crippen molar-refractivity contribution >= 4 is 0 Å². The lowest BCUT2D eigenvalue weighted by Crippen LogP contribution is -2.61. The topological polar surface area (TPSA) is 49.5 Å². The summed E-state index contributed by atoms with van der Waals surface area (Å²) in [7, 11) is 0. The summed E-state index contributed by atoms with van der Waals surface area (Å²) < 4.78 is 0. The van der Waals surface area contributed by atoms with Gasteiger partial charge in [0.25, 0.3) is 0 Å². The maximum absolute atomic E-state index is 10.4. The van der Waals surface area contributed by atoms with Gasteiger partial charge in [0, 0.05) is 18.6 Å². The van der Waals surface area contributed by atoms with Crippen molar-refractivity contribution in [2.24, 2.45) is 5.73 Å². The van der Waals surface area contributed by atoms with E-state index in [9.17, 15) is 5.11 Å². The number of aliphatic hydroxyl groups is 1. The predicted octanol–water partition coefficient (Wildman–Crippen LogP) is 0.959. The maximum atomic E-state index is 10.4. The molecule has 1 heterocycles. The number of hydrogen-bond acceptors (Lipinski definition) is 3. The van der Waals surface area contributed by atoms with Gasteiger partial charge in [-0.3, -0.25) is 4.90 Å². The van der Waals surface area contributed by atoms with Crippen molar-refractivity contribution in [2.45, 2.75) is 57.7 Å². The number of hydrogen-bond donors (Lipinski definition) is 2. The first-order valence-corrected chi connectivity index (χ1v) is 5.73. The van der Waals surface area contributed by atoms with E-state index in [1.807, 2.05) is 0 Å². The Morgan fingerprint density at radius 2 is 2.21 bits per heavy atom. The molecule has 3 N–H and O–H groups in total. The van der Waals surface area contributed by atoms with Gasteiger partial charge in [0.1, 0.15) is 0 Å². The van der Waals surface area contributed by atoms with Crippen molar-refractivity contribution in [3.63, 3.8) is 0 Å². The van der Waals surface area contributed by atoms with Gasteiger partial charge in [-0.05, 0) is 39.7 Å². The Kier molecular flexibility index (Phi) is 3.93. The summed E-state index contributed by atoms with van der Waals surface area (Å²) in [6, 6.07) is 0.736. The number of nitrogens with zero attached hydrogens (tertiary/aromatic N) is 1. The van der Waals surface area contributed by atoms with E-state index in [0.717, 1.165) is 25.8 Å². The smallest absolute Gasteiger partial charge is 0.0924 e. The molecule has 3 heteroatoms. The summed E-state index contributed by atoms with van der Waals surface area (Å²) in [5.41, 5.74) is 5.03. The molecule has 0 aromatic heterocycles. The van der Waals surface area contributed by atoms with Gasteiger partial charge in [0.15, 0.2) is 0 Å². The van der Waals surface area contributed by atoms with Crippen LogP contribution < -0.4 is 5.73 Å². The van der Waals surface area contributed by atoms with Crippen LogP contribution in [0.5, 0.6) is 0 Å². The van der Waals surface area contributed by atoms with Crippen molar-refractivity contribution in [1.82, 2.24) is 4.90 Å². The Bertz CT molecular complexity index is 184. The second kappa shape index (κ2) is 4.60. The Morgan fingerprint density at radius 1 is 1.57 bits per heavy atom. The summed E-state index contributed by atoms with van der Waals surface area (Å²) in [6.07, 6.45) is 2.89. The maximum Gasteiger partial charge on any atom is 0.0924 e. The second-order valence-corrected chi connectivity index (χ2v) is 4.67. The molecule has 1 saturated heterocycles. The van der Waals surface area contributed by atoms with Gasteiger partial charge < -0.3 is 10.8 Å². The number of likely N-dealkylation sites (tertiary alicyclic amines) is 1. The lowest BCUT2D eigenvalue weighted by atomic mass is 9.82. The van der Waals surface area contributed by atoms with Crippen LogP contribution in [0, 0.1) is 0 Å². The molecule has 84 valence electrons. The minimum atomic E-state index is -0.655. The van der Waals surface area contributed by atoms with E-state index in [2.05, 4.69) is 25.7 Å². The van der Waals surface area contributed by atoms with E-state index < -0.39 is 5.60 Å². The number of rotatable bonds is 3. The van der Waals surface area contributed by atoms with Crippen molar-refractivity contribution in [1.29, 1.82) is 0 Å². The number of piperidine rings is 1. The fourth-order valence-electron chi connectivity index (χ4n) is 2.67. The first-order chi connectivity index (χ1) is 6.55. The van der Waals surface area contributed by atoms with Gasteiger partial charge >= 0.3 is 0 Å². The molecule has 2 unspecified atom stereocenters. The highest BCUT2D eigenvalue weighted by molar-refractivity contribution is 4.97.